The van der Waals surface area contributed by atoms with Gasteiger partial charge in [-0.25, -0.2) is 14.8 Å². The zero-order valence-electron chi connectivity index (χ0n) is 15.0. The van der Waals surface area contributed by atoms with Crippen LogP contribution in [0.2, 0.25) is 0 Å². The highest BCUT2D eigenvalue weighted by Crippen LogP contribution is 2.39. The molecule has 2 aromatic rings. The van der Waals surface area contributed by atoms with Crippen molar-refractivity contribution in [3.05, 3.63) is 40.6 Å². The van der Waals surface area contributed by atoms with Crippen LogP contribution < -0.4 is 15.1 Å². The summed E-state index contributed by atoms with van der Waals surface area (Å²) >= 11 is 3.38. The number of amides is 2. The van der Waals surface area contributed by atoms with Crippen LogP contribution in [0, 0.1) is 0 Å². The van der Waals surface area contributed by atoms with Gasteiger partial charge in [0.05, 0.1) is 11.7 Å². The Labute approximate surface area is 165 Å². The monoisotopic (exact) mass is 429 g/mol. The molecular weight excluding hydrogens is 410 g/mol. The number of nitrogens with one attached hydrogen (secondary N) is 1. The van der Waals surface area contributed by atoms with Crippen molar-refractivity contribution in [2.45, 2.75) is 32.2 Å². The van der Waals surface area contributed by atoms with Crippen LogP contribution in [0.4, 0.5) is 22.1 Å². The first kappa shape index (κ1) is 17.9. The van der Waals surface area contributed by atoms with Gasteiger partial charge in [0.15, 0.2) is 11.6 Å². The molecule has 27 heavy (non-hydrogen) atoms. The molecule has 1 fully saturated rings. The van der Waals surface area contributed by atoms with E-state index >= 15 is 0 Å². The van der Waals surface area contributed by atoms with Crippen molar-refractivity contribution in [2.24, 2.45) is 0 Å². The summed E-state index contributed by atoms with van der Waals surface area (Å²) < 4.78 is 0.837. The average molecular weight is 430 g/mol. The Morgan fingerprint density at radius 2 is 2.19 bits per heavy atom. The molecule has 2 aliphatic rings. The van der Waals surface area contributed by atoms with E-state index in [-0.39, 0.29) is 17.9 Å². The van der Waals surface area contributed by atoms with Crippen molar-refractivity contribution < 1.29 is 9.59 Å². The minimum Gasteiger partial charge on any atom is -0.366 e. The fourth-order valence-corrected chi connectivity index (χ4v) is 3.96. The van der Waals surface area contributed by atoms with Crippen molar-refractivity contribution in [2.75, 3.05) is 28.2 Å². The Balaban J connectivity index is 1.68. The molecule has 2 aliphatic heterocycles. The number of rotatable bonds is 4. The number of ketones is 1. The molecule has 1 saturated heterocycles. The van der Waals surface area contributed by atoms with E-state index < -0.39 is 0 Å². The first-order chi connectivity index (χ1) is 13.1. The molecule has 0 aromatic carbocycles. The third kappa shape index (κ3) is 3.41. The minimum absolute atomic E-state index is 0.00207. The van der Waals surface area contributed by atoms with E-state index in [0.29, 0.717) is 23.8 Å². The molecule has 0 saturated carbocycles. The Bertz CT molecular complexity index is 903. The SMILES string of the molecule is CCCC(=O)c1ccc2c(n1)N(C(=O)Nc1cc(Br)ccn1)[C@H]1CCN2C1. The molecule has 2 bridgehead atoms. The van der Waals surface area contributed by atoms with E-state index in [0.717, 1.165) is 36.1 Å². The molecule has 0 aliphatic carbocycles. The lowest BCUT2D eigenvalue weighted by atomic mass is 10.1. The van der Waals surface area contributed by atoms with E-state index in [4.69, 9.17) is 0 Å². The highest BCUT2D eigenvalue weighted by atomic mass is 79.9. The van der Waals surface area contributed by atoms with E-state index in [1.165, 1.54) is 0 Å². The number of carbonyl (C=O) groups excluding carboxylic acids is 2. The molecule has 2 aromatic heterocycles. The molecule has 0 spiro atoms. The number of carbonyl (C=O) groups is 2. The number of pyridine rings is 2. The van der Waals surface area contributed by atoms with E-state index in [1.807, 2.05) is 13.0 Å². The molecule has 7 nitrogen and oxygen atoms in total. The van der Waals surface area contributed by atoms with Crippen molar-refractivity contribution in [1.29, 1.82) is 0 Å². The summed E-state index contributed by atoms with van der Waals surface area (Å²) in [7, 11) is 0. The normalized spacial score (nSPS) is 17.6. The van der Waals surface area contributed by atoms with Crippen LogP contribution in [-0.2, 0) is 0 Å². The van der Waals surface area contributed by atoms with E-state index in [9.17, 15) is 9.59 Å². The number of fused-ring (bicyclic) bond motifs is 4. The van der Waals surface area contributed by atoms with Crippen molar-refractivity contribution >= 4 is 45.1 Å². The Morgan fingerprint density at radius 3 is 2.96 bits per heavy atom. The topological polar surface area (TPSA) is 78.4 Å². The van der Waals surface area contributed by atoms with Crippen LogP contribution in [0.5, 0.6) is 0 Å². The molecule has 0 unspecified atom stereocenters. The molecule has 140 valence electrons. The molecule has 8 heteroatoms. The standard InChI is InChI=1S/C19H20BrN5O2/c1-2-3-16(26)14-4-5-15-18(22-14)25(13-7-9-24(15)11-13)19(27)23-17-10-12(20)6-8-21-17/h4-6,8,10,13H,2-3,7,9,11H2,1H3,(H,21,23,27)/t13-/m0/s1. The first-order valence-corrected chi connectivity index (χ1v) is 9.87. The first-order valence-electron chi connectivity index (χ1n) is 9.07. The van der Waals surface area contributed by atoms with Crippen molar-refractivity contribution in [3.8, 4) is 0 Å². The van der Waals surface area contributed by atoms with Crippen LogP contribution in [0.25, 0.3) is 0 Å². The lowest BCUT2D eigenvalue weighted by molar-refractivity contribution is 0.0977. The van der Waals surface area contributed by atoms with Gasteiger partial charge in [-0.05, 0) is 37.1 Å². The number of nitrogens with zero attached hydrogens (tertiary/aromatic N) is 4. The maximum atomic E-state index is 13.1. The second kappa shape index (κ2) is 7.26. The maximum absolute atomic E-state index is 13.1. The van der Waals surface area contributed by atoms with Gasteiger partial charge in [-0.15, -0.1) is 0 Å². The van der Waals surface area contributed by atoms with Crippen LogP contribution in [0.1, 0.15) is 36.7 Å². The number of Topliss-reactive ketones (excluding diaryl/α,β-unsaturated/α-hetero) is 1. The fraction of sp³-hybridized carbons (Fsp3) is 0.368. The summed E-state index contributed by atoms with van der Waals surface area (Å²) in [5.74, 6) is 1.02. The summed E-state index contributed by atoms with van der Waals surface area (Å²) in [4.78, 5) is 38.0. The largest absolute Gasteiger partial charge is 0.366 e. The molecule has 1 N–H and O–H groups in total. The zero-order valence-corrected chi connectivity index (χ0v) is 16.6. The Morgan fingerprint density at radius 1 is 1.33 bits per heavy atom. The number of halogens is 1. The highest BCUT2D eigenvalue weighted by molar-refractivity contribution is 9.10. The van der Waals surface area contributed by atoms with E-state index in [1.54, 1.807) is 29.3 Å². The predicted molar refractivity (Wildman–Crippen MR) is 108 cm³/mol. The smallest absolute Gasteiger partial charge is 0.329 e. The van der Waals surface area contributed by atoms with Gasteiger partial charge in [0, 0.05) is 30.2 Å². The molecule has 4 rings (SSSR count). The molecule has 0 radical (unpaired) electrons. The van der Waals surface area contributed by atoms with Crippen LogP contribution in [0.15, 0.2) is 34.9 Å². The van der Waals surface area contributed by atoms with Gasteiger partial charge in [-0.1, -0.05) is 22.9 Å². The lowest BCUT2D eigenvalue weighted by Gasteiger charge is -2.35. The molecule has 1 atom stereocenters. The number of urea groups is 1. The summed E-state index contributed by atoms with van der Waals surface area (Å²) in [5, 5.41) is 2.85. The minimum atomic E-state index is -0.277. The van der Waals surface area contributed by atoms with Crippen LogP contribution in [-0.4, -0.2) is 40.9 Å². The summed E-state index contributed by atoms with van der Waals surface area (Å²) in [6.45, 7) is 3.61. The van der Waals surface area contributed by atoms with Crippen LogP contribution >= 0.6 is 15.9 Å². The maximum Gasteiger partial charge on any atom is 0.329 e. The number of aromatic nitrogens is 2. The van der Waals surface area contributed by atoms with Gasteiger partial charge in [0.2, 0.25) is 0 Å². The molecular formula is C19H20BrN5O2. The predicted octanol–water partition coefficient (Wildman–Crippen LogP) is 3.85. The van der Waals surface area contributed by atoms with Crippen molar-refractivity contribution in [1.82, 2.24) is 9.97 Å². The Hall–Kier alpha value is -2.48. The highest BCUT2D eigenvalue weighted by Gasteiger charge is 2.40. The van der Waals surface area contributed by atoms with Gasteiger partial charge >= 0.3 is 6.03 Å². The van der Waals surface area contributed by atoms with Gasteiger partial charge in [-0.3, -0.25) is 15.0 Å². The summed E-state index contributed by atoms with van der Waals surface area (Å²) in [6, 6.07) is 6.98. The summed E-state index contributed by atoms with van der Waals surface area (Å²) in [5.41, 5.74) is 1.31. The lowest BCUT2D eigenvalue weighted by Crippen LogP contribution is -2.48. The third-order valence-electron chi connectivity index (χ3n) is 4.89. The summed E-state index contributed by atoms with van der Waals surface area (Å²) in [6.07, 6.45) is 3.72. The van der Waals surface area contributed by atoms with E-state index in [2.05, 4.69) is 36.1 Å². The second-order valence-corrected chi connectivity index (χ2v) is 7.68. The quantitative estimate of drug-likeness (QED) is 0.746. The number of anilines is 3. The number of hydrogen-bond donors (Lipinski definition) is 1. The van der Waals surface area contributed by atoms with Gasteiger partial charge in [0.1, 0.15) is 11.5 Å². The second-order valence-electron chi connectivity index (χ2n) is 6.76. The molecule has 2 amide bonds. The number of hydrogen-bond acceptors (Lipinski definition) is 5. The average Bonchev–Trinajstić information content (AvgIpc) is 3.06. The third-order valence-corrected chi connectivity index (χ3v) is 5.38. The Kier molecular flexibility index (Phi) is 4.82. The fourth-order valence-electron chi connectivity index (χ4n) is 3.62. The van der Waals surface area contributed by atoms with Gasteiger partial charge < -0.3 is 4.90 Å². The van der Waals surface area contributed by atoms with Crippen LogP contribution in [0.3, 0.4) is 0 Å². The van der Waals surface area contributed by atoms with Gasteiger partial charge in [0.25, 0.3) is 0 Å². The van der Waals surface area contributed by atoms with Gasteiger partial charge in [-0.2, -0.15) is 0 Å². The zero-order chi connectivity index (χ0) is 19.0. The molecule has 4 heterocycles. The van der Waals surface area contributed by atoms with Crippen molar-refractivity contribution in [3.63, 3.8) is 0 Å².